The molecule has 1 aromatic heterocycles. The third kappa shape index (κ3) is 5.12. The summed E-state index contributed by atoms with van der Waals surface area (Å²) in [5.74, 6) is 0.673. The summed E-state index contributed by atoms with van der Waals surface area (Å²) in [4.78, 5) is 12.6. The van der Waals surface area contributed by atoms with Crippen LogP contribution < -0.4 is 10.1 Å². The Morgan fingerprint density at radius 2 is 1.97 bits per heavy atom. The molecule has 158 valence electrons. The molecule has 29 heavy (non-hydrogen) atoms. The Balaban J connectivity index is 1.54. The number of halogens is 1. The van der Waals surface area contributed by atoms with E-state index in [2.05, 4.69) is 5.32 Å². The summed E-state index contributed by atoms with van der Waals surface area (Å²) in [6.45, 7) is 3.13. The van der Waals surface area contributed by atoms with Gasteiger partial charge in [0, 0.05) is 31.1 Å². The number of thiophene rings is 1. The minimum atomic E-state index is -3.51. The number of rotatable bonds is 7. The van der Waals surface area contributed by atoms with Crippen molar-refractivity contribution >= 4 is 38.9 Å². The lowest BCUT2D eigenvalue weighted by molar-refractivity contribution is -0.126. The minimum absolute atomic E-state index is 0.0257. The van der Waals surface area contributed by atoms with E-state index < -0.39 is 10.0 Å². The number of methoxy groups -OCH3 is 1. The second kappa shape index (κ2) is 9.47. The SMILES string of the molecule is COc1ccccc1CNC(=O)C(C)C1CCN(S(=O)(=O)c2ccc(Cl)s2)CC1. The van der Waals surface area contributed by atoms with Crippen molar-refractivity contribution in [1.82, 2.24) is 9.62 Å². The average molecular weight is 457 g/mol. The number of sulfonamides is 1. The minimum Gasteiger partial charge on any atom is -0.496 e. The molecule has 1 unspecified atom stereocenters. The van der Waals surface area contributed by atoms with E-state index in [1.54, 1.807) is 19.2 Å². The molecule has 3 rings (SSSR count). The molecule has 0 aliphatic carbocycles. The van der Waals surface area contributed by atoms with Gasteiger partial charge in [-0.3, -0.25) is 4.79 Å². The molecule has 0 bridgehead atoms. The van der Waals surface area contributed by atoms with Gasteiger partial charge in [-0.15, -0.1) is 11.3 Å². The van der Waals surface area contributed by atoms with E-state index in [0.29, 0.717) is 36.8 Å². The number of piperidine rings is 1. The van der Waals surface area contributed by atoms with Gasteiger partial charge in [-0.25, -0.2) is 8.42 Å². The van der Waals surface area contributed by atoms with Crippen molar-refractivity contribution in [2.75, 3.05) is 20.2 Å². The fraction of sp³-hybridized carbons (Fsp3) is 0.450. The zero-order chi connectivity index (χ0) is 21.0. The fourth-order valence-electron chi connectivity index (χ4n) is 3.59. The fourth-order valence-corrected chi connectivity index (χ4v) is 6.69. The quantitative estimate of drug-likeness (QED) is 0.688. The number of carbonyl (C=O) groups excluding carboxylic acids is 1. The Bertz CT molecular complexity index is 953. The molecule has 9 heteroatoms. The van der Waals surface area contributed by atoms with Crippen molar-refractivity contribution in [3.63, 3.8) is 0 Å². The van der Waals surface area contributed by atoms with Crippen molar-refractivity contribution in [1.29, 1.82) is 0 Å². The maximum Gasteiger partial charge on any atom is 0.252 e. The first-order valence-electron chi connectivity index (χ1n) is 9.48. The van der Waals surface area contributed by atoms with Crippen LogP contribution in [0.25, 0.3) is 0 Å². The molecule has 1 aromatic carbocycles. The molecule has 1 saturated heterocycles. The van der Waals surface area contributed by atoms with Crippen LogP contribution in [0.4, 0.5) is 0 Å². The first kappa shape index (κ1) is 22.1. The zero-order valence-corrected chi connectivity index (χ0v) is 18.8. The third-order valence-corrected chi connectivity index (χ3v) is 9.00. The summed E-state index contributed by atoms with van der Waals surface area (Å²) >= 11 is 6.95. The second-order valence-corrected chi connectivity index (χ2v) is 11.0. The van der Waals surface area contributed by atoms with Crippen molar-refractivity contribution in [2.45, 2.75) is 30.5 Å². The molecule has 2 aromatic rings. The number of nitrogens with one attached hydrogen (secondary N) is 1. The molecular formula is C20H25ClN2O4S2. The van der Waals surface area contributed by atoms with E-state index in [9.17, 15) is 13.2 Å². The lowest BCUT2D eigenvalue weighted by atomic mass is 9.85. The van der Waals surface area contributed by atoms with Crippen LogP contribution in [0.2, 0.25) is 4.34 Å². The van der Waals surface area contributed by atoms with Crippen LogP contribution >= 0.6 is 22.9 Å². The third-order valence-electron chi connectivity index (χ3n) is 5.41. The molecule has 1 N–H and O–H groups in total. The Morgan fingerprint density at radius 3 is 2.59 bits per heavy atom. The molecule has 1 amide bonds. The first-order chi connectivity index (χ1) is 13.8. The summed E-state index contributed by atoms with van der Waals surface area (Å²) in [7, 11) is -1.91. The van der Waals surface area contributed by atoms with Gasteiger partial charge in [-0.05, 0) is 37.0 Å². The molecular weight excluding hydrogens is 432 g/mol. The van der Waals surface area contributed by atoms with Crippen LogP contribution in [0.5, 0.6) is 5.75 Å². The predicted molar refractivity (Wildman–Crippen MR) is 115 cm³/mol. The van der Waals surface area contributed by atoms with E-state index in [0.717, 1.165) is 22.6 Å². The summed E-state index contributed by atoms with van der Waals surface area (Å²) in [5, 5.41) is 2.98. The van der Waals surface area contributed by atoms with Crippen molar-refractivity contribution in [3.05, 3.63) is 46.3 Å². The van der Waals surface area contributed by atoms with Crippen LogP contribution in [0.15, 0.2) is 40.6 Å². The smallest absolute Gasteiger partial charge is 0.252 e. The van der Waals surface area contributed by atoms with E-state index >= 15 is 0 Å². The molecule has 1 aliphatic heterocycles. The van der Waals surface area contributed by atoms with Crippen LogP contribution in [-0.2, 0) is 21.4 Å². The zero-order valence-electron chi connectivity index (χ0n) is 16.4. The standard InChI is InChI=1S/C20H25ClN2O4S2/c1-14(20(24)22-13-16-5-3-4-6-17(16)27-2)15-9-11-23(12-10-15)29(25,26)19-8-7-18(21)28-19/h3-8,14-15H,9-13H2,1-2H3,(H,22,24). The van der Waals surface area contributed by atoms with E-state index in [4.69, 9.17) is 16.3 Å². The van der Waals surface area contributed by atoms with Gasteiger partial charge in [-0.2, -0.15) is 4.31 Å². The highest BCUT2D eigenvalue weighted by Gasteiger charge is 2.34. The van der Waals surface area contributed by atoms with Crippen LogP contribution in [0.3, 0.4) is 0 Å². The largest absolute Gasteiger partial charge is 0.496 e. The molecule has 0 saturated carbocycles. The Labute approximate surface area is 180 Å². The van der Waals surface area contributed by atoms with Gasteiger partial charge in [0.1, 0.15) is 9.96 Å². The number of hydrogen-bond acceptors (Lipinski definition) is 5. The number of amides is 1. The highest BCUT2D eigenvalue weighted by molar-refractivity contribution is 7.91. The molecule has 0 radical (unpaired) electrons. The molecule has 1 fully saturated rings. The Hall–Kier alpha value is -1.61. The van der Waals surface area contributed by atoms with Crippen molar-refractivity contribution < 1.29 is 17.9 Å². The number of para-hydroxylation sites is 1. The maximum absolute atomic E-state index is 12.7. The summed E-state index contributed by atoms with van der Waals surface area (Å²) < 4.78 is 33.0. The normalized spacial score (nSPS) is 17.1. The molecule has 1 aliphatic rings. The summed E-state index contributed by atoms with van der Waals surface area (Å²) in [6, 6.07) is 10.7. The highest BCUT2D eigenvalue weighted by Crippen LogP contribution is 2.32. The average Bonchev–Trinajstić information content (AvgIpc) is 3.19. The predicted octanol–water partition coefficient (Wildman–Crippen LogP) is 3.76. The van der Waals surface area contributed by atoms with E-state index in [-0.39, 0.29) is 22.0 Å². The van der Waals surface area contributed by atoms with Gasteiger partial charge in [0.25, 0.3) is 10.0 Å². The van der Waals surface area contributed by atoms with Crippen LogP contribution in [0.1, 0.15) is 25.3 Å². The number of nitrogens with zero attached hydrogens (tertiary/aromatic N) is 1. The lowest BCUT2D eigenvalue weighted by Crippen LogP contribution is -2.42. The van der Waals surface area contributed by atoms with E-state index in [1.807, 2.05) is 31.2 Å². The van der Waals surface area contributed by atoms with Crippen molar-refractivity contribution in [3.8, 4) is 5.75 Å². The van der Waals surface area contributed by atoms with E-state index in [1.165, 1.54) is 4.31 Å². The van der Waals surface area contributed by atoms with Crippen LogP contribution in [-0.4, -0.2) is 38.8 Å². The number of carbonyl (C=O) groups is 1. The van der Waals surface area contributed by atoms with Gasteiger partial charge in [0.2, 0.25) is 5.91 Å². The van der Waals surface area contributed by atoms with Gasteiger partial charge >= 0.3 is 0 Å². The lowest BCUT2D eigenvalue weighted by Gasteiger charge is -2.33. The second-order valence-electron chi connectivity index (χ2n) is 7.12. The molecule has 0 spiro atoms. The highest BCUT2D eigenvalue weighted by atomic mass is 35.5. The molecule has 6 nitrogen and oxygen atoms in total. The number of hydrogen-bond donors (Lipinski definition) is 1. The Morgan fingerprint density at radius 1 is 1.28 bits per heavy atom. The topological polar surface area (TPSA) is 75.7 Å². The monoisotopic (exact) mass is 456 g/mol. The van der Waals surface area contributed by atoms with Gasteiger partial charge < -0.3 is 10.1 Å². The van der Waals surface area contributed by atoms with Gasteiger partial charge in [0.15, 0.2) is 0 Å². The molecule has 1 atom stereocenters. The molecule has 2 heterocycles. The summed E-state index contributed by atoms with van der Waals surface area (Å²) in [6.07, 6.45) is 1.31. The first-order valence-corrected chi connectivity index (χ1v) is 12.1. The Kier molecular flexibility index (Phi) is 7.21. The summed E-state index contributed by atoms with van der Waals surface area (Å²) in [5.41, 5.74) is 0.922. The van der Waals surface area contributed by atoms with Crippen LogP contribution in [0, 0.1) is 11.8 Å². The van der Waals surface area contributed by atoms with Gasteiger partial charge in [-0.1, -0.05) is 36.7 Å². The van der Waals surface area contributed by atoms with Gasteiger partial charge in [0.05, 0.1) is 11.4 Å². The van der Waals surface area contributed by atoms with Crippen molar-refractivity contribution in [2.24, 2.45) is 11.8 Å². The number of ether oxygens (including phenoxy) is 1. The maximum atomic E-state index is 12.7. The number of benzene rings is 1.